The van der Waals surface area contributed by atoms with Crippen molar-refractivity contribution >= 4 is 5.97 Å². The standard InChI is InChI=1S/C13H21F3N2O2/c1-18(8-13(14,15)16)7-12(9-3-4-9,11(19)20-2)17-10-5-6-10/h9-10,17H,3-8H2,1-2H3. The van der Waals surface area contributed by atoms with Crippen LogP contribution in [0.4, 0.5) is 13.2 Å². The number of nitrogens with one attached hydrogen (secondary N) is 1. The Morgan fingerprint density at radius 3 is 2.25 bits per heavy atom. The topological polar surface area (TPSA) is 41.6 Å². The Morgan fingerprint density at radius 2 is 1.85 bits per heavy atom. The summed E-state index contributed by atoms with van der Waals surface area (Å²) in [4.78, 5) is 13.3. The minimum atomic E-state index is -4.26. The number of hydrogen-bond donors (Lipinski definition) is 1. The van der Waals surface area contributed by atoms with Crippen LogP contribution in [0.1, 0.15) is 25.7 Å². The fourth-order valence-electron chi connectivity index (χ4n) is 2.72. The Balaban J connectivity index is 2.09. The summed E-state index contributed by atoms with van der Waals surface area (Å²) in [7, 11) is 2.68. The quantitative estimate of drug-likeness (QED) is 0.724. The van der Waals surface area contributed by atoms with Crippen molar-refractivity contribution in [3.8, 4) is 0 Å². The van der Waals surface area contributed by atoms with Crippen LogP contribution in [-0.2, 0) is 9.53 Å². The summed E-state index contributed by atoms with van der Waals surface area (Å²) in [5.41, 5.74) is -0.990. The van der Waals surface area contributed by atoms with Crippen molar-refractivity contribution < 1.29 is 22.7 Å². The first-order chi connectivity index (χ1) is 9.27. The number of nitrogens with zero attached hydrogens (tertiary/aromatic N) is 1. The van der Waals surface area contributed by atoms with Crippen molar-refractivity contribution in [2.24, 2.45) is 5.92 Å². The number of hydrogen-bond acceptors (Lipinski definition) is 4. The molecule has 2 aliphatic rings. The summed E-state index contributed by atoms with van der Waals surface area (Å²) in [6, 6.07) is 0.231. The predicted octanol–water partition coefficient (Wildman–Crippen LogP) is 1.55. The average Bonchev–Trinajstić information content (AvgIpc) is 3.15. The maximum absolute atomic E-state index is 12.5. The molecule has 0 amide bonds. The molecule has 0 bridgehead atoms. The van der Waals surface area contributed by atoms with E-state index in [1.54, 1.807) is 0 Å². The Labute approximate surface area is 116 Å². The molecule has 4 nitrogen and oxygen atoms in total. The van der Waals surface area contributed by atoms with Gasteiger partial charge in [0.25, 0.3) is 0 Å². The molecule has 0 aromatic heterocycles. The minimum Gasteiger partial charge on any atom is -0.468 e. The molecule has 1 unspecified atom stereocenters. The van der Waals surface area contributed by atoms with Crippen LogP contribution in [0.15, 0.2) is 0 Å². The summed E-state index contributed by atoms with van der Waals surface area (Å²) in [6.45, 7) is -0.995. The number of ether oxygens (including phenoxy) is 1. The largest absolute Gasteiger partial charge is 0.468 e. The monoisotopic (exact) mass is 294 g/mol. The van der Waals surface area contributed by atoms with Gasteiger partial charge in [-0.1, -0.05) is 0 Å². The van der Waals surface area contributed by atoms with Gasteiger partial charge in [0.15, 0.2) is 0 Å². The third-order valence-electron chi connectivity index (χ3n) is 3.83. The smallest absolute Gasteiger partial charge is 0.401 e. The van der Waals surface area contributed by atoms with Gasteiger partial charge in [0.2, 0.25) is 0 Å². The SMILES string of the molecule is COC(=O)C(CN(C)CC(F)(F)F)(NC1CC1)C1CC1. The lowest BCUT2D eigenvalue weighted by molar-refractivity contribution is -0.158. The highest BCUT2D eigenvalue weighted by Crippen LogP contribution is 2.43. The number of alkyl halides is 3. The fourth-order valence-corrected chi connectivity index (χ4v) is 2.72. The van der Waals surface area contributed by atoms with E-state index in [0.29, 0.717) is 0 Å². The zero-order valence-electron chi connectivity index (χ0n) is 11.8. The van der Waals surface area contributed by atoms with Gasteiger partial charge in [-0.25, -0.2) is 4.79 Å². The Morgan fingerprint density at radius 1 is 1.25 bits per heavy atom. The van der Waals surface area contributed by atoms with Crippen LogP contribution in [0.5, 0.6) is 0 Å². The van der Waals surface area contributed by atoms with Gasteiger partial charge in [-0.05, 0) is 38.6 Å². The molecule has 1 N–H and O–H groups in total. The zero-order chi connectivity index (χ0) is 15.0. The molecule has 0 heterocycles. The first-order valence-corrected chi connectivity index (χ1v) is 6.88. The molecule has 2 fully saturated rings. The second kappa shape index (κ2) is 5.52. The Hall–Kier alpha value is -0.820. The molecule has 116 valence electrons. The lowest BCUT2D eigenvalue weighted by Gasteiger charge is -2.36. The molecular formula is C13H21F3N2O2. The van der Waals surface area contributed by atoms with Gasteiger partial charge < -0.3 is 4.74 Å². The summed E-state index contributed by atoms with van der Waals surface area (Å²) < 4.78 is 42.3. The van der Waals surface area contributed by atoms with Crippen molar-refractivity contribution in [1.82, 2.24) is 10.2 Å². The van der Waals surface area contributed by atoms with Crippen LogP contribution < -0.4 is 5.32 Å². The number of esters is 1. The van der Waals surface area contributed by atoms with Gasteiger partial charge in [0, 0.05) is 12.6 Å². The van der Waals surface area contributed by atoms with Crippen molar-refractivity contribution in [3.63, 3.8) is 0 Å². The minimum absolute atomic E-state index is 0.0281. The van der Waals surface area contributed by atoms with Crippen molar-refractivity contribution in [2.75, 3.05) is 27.2 Å². The third-order valence-corrected chi connectivity index (χ3v) is 3.83. The molecule has 0 spiro atoms. The number of carbonyl (C=O) groups excluding carboxylic acids is 1. The van der Waals surface area contributed by atoms with Gasteiger partial charge in [-0.15, -0.1) is 0 Å². The van der Waals surface area contributed by atoms with Crippen LogP contribution >= 0.6 is 0 Å². The highest BCUT2D eigenvalue weighted by molar-refractivity contribution is 5.82. The maximum atomic E-state index is 12.5. The summed E-state index contributed by atoms with van der Waals surface area (Å²) in [6.07, 6.45) is -0.619. The van der Waals surface area contributed by atoms with E-state index in [4.69, 9.17) is 4.74 Å². The van der Waals surface area contributed by atoms with Crippen molar-refractivity contribution in [1.29, 1.82) is 0 Å². The van der Waals surface area contributed by atoms with Gasteiger partial charge in [0.05, 0.1) is 13.7 Å². The van der Waals surface area contributed by atoms with Crippen molar-refractivity contribution in [3.05, 3.63) is 0 Å². The van der Waals surface area contributed by atoms with Crippen LogP contribution in [0, 0.1) is 5.92 Å². The van der Waals surface area contributed by atoms with E-state index >= 15 is 0 Å². The molecule has 1 atom stereocenters. The van der Waals surface area contributed by atoms with E-state index in [2.05, 4.69) is 5.32 Å². The Kier molecular flexibility index (Phi) is 4.30. The van der Waals surface area contributed by atoms with Crippen LogP contribution in [-0.4, -0.2) is 55.9 Å². The van der Waals surface area contributed by atoms with Crippen LogP contribution in [0.2, 0.25) is 0 Å². The molecular weight excluding hydrogens is 273 g/mol. The molecule has 0 aromatic rings. The van der Waals surface area contributed by atoms with E-state index in [1.807, 2.05) is 0 Å². The molecule has 0 aromatic carbocycles. The lowest BCUT2D eigenvalue weighted by atomic mass is 9.92. The third kappa shape index (κ3) is 3.85. The Bertz CT molecular complexity index is 367. The second-order valence-corrected chi connectivity index (χ2v) is 5.94. The van der Waals surface area contributed by atoms with E-state index in [9.17, 15) is 18.0 Å². The fraction of sp³-hybridized carbons (Fsp3) is 0.923. The number of methoxy groups -OCH3 is 1. The van der Waals surface area contributed by atoms with Crippen LogP contribution in [0.25, 0.3) is 0 Å². The first kappa shape index (κ1) is 15.6. The molecule has 0 radical (unpaired) electrons. The van der Waals surface area contributed by atoms with Gasteiger partial charge in [-0.3, -0.25) is 10.2 Å². The van der Waals surface area contributed by atoms with Gasteiger partial charge >= 0.3 is 12.1 Å². The number of halogens is 3. The highest BCUT2D eigenvalue weighted by Gasteiger charge is 2.54. The zero-order valence-corrected chi connectivity index (χ0v) is 11.8. The predicted molar refractivity (Wildman–Crippen MR) is 67.2 cm³/mol. The van der Waals surface area contributed by atoms with E-state index in [0.717, 1.165) is 30.6 Å². The lowest BCUT2D eigenvalue weighted by Crippen LogP contribution is -2.62. The molecule has 7 heteroatoms. The maximum Gasteiger partial charge on any atom is 0.401 e. The normalized spacial score (nSPS) is 22.7. The highest BCUT2D eigenvalue weighted by atomic mass is 19.4. The molecule has 0 saturated heterocycles. The summed E-state index contributed by atoms with van der Waals surface area (Å²) in [5, 5.41) is 3.25. The molecule has 2 rings (SSSR count). The number of carbonyl (C=O) groups is 1. The van der Waals surface area contributed by atoms with Gasteiger partial charge in [0.1, 0.15) is 5.54 Å². The van der Waals surface area contributed by atoms with Crippen LogP contribution in [0.3, 0.4) is 0 Å². The first-order valence-electron chi connectivity index (χ1n) is 6.88. The molecule has 2 aliphatic carbocycles. The average molecular weight is 294 g/mol. The second-order valence-electron chi connectivity index (χ2n) is 5.94. The van der Waals surface area contributed by atoms with E-state index < -0.39 is 24.2 Å². The molecule has 20 heavy (non-hydrogen) atoms. The molecule has 0 aliphatic heterocycles. The summed E-state index contributed by atoms with van der Waals surface area (Å²) >= 11 is 0. The number of rotatable bonds is 7. The van der Waals surface area contributed by atoms with E-state index in [1.165, 1.54) is 14.2 Å². The summed E-state index contributed by atoms with van der Waals surface area (Å²) in [5.74, 6) is -0.368. The number of likely N-dealkylation sites (N-methyl/N-ethyl adjacent to an activating group) is 1. The van der Waals surface area contributed by atoms with E-state index in [-0.39, 0.29) is 18.5 Å². The van der Waals surface area contributed by atoms with Gasteiger partial charge in [-0.2, -0.15) is 13.2 Å². The molecule has 2 saturated carbocycles. The van der Waals surface area contributed by atoms with Crippen molar-refractivity contribution in [2.45, 2.75) is 43.4 Å².